The summed E-state index contributed by atoms with van der Waals surface area (Å²) in [6.07, 6.45) is 0. The van der Waals surface area contributed by atoms with Crippen LogP contribution >= 0.6 is 31.9 Å². The monoisotopic (exact) mass is 517 g/mol. The molecule has 0 spiro atoms. The van der Waals surface area contributed by atoms with Crippen molar-refractivity contribution in [2.75, 3.05) is 4.90 Å². The molecule has 30 heavy (non-hydrogen) atoms. The van der Waals surface area contributed by atoms with Gasteiger partial charge in [0, 0.05) is 20.0 Å². The van der Waals surface area contributed by atoms with Crippen LogP contribution in [0.3, 0.4) is 0 Å². The molecule has 1 nitrogen and oxygen atoms in total. The van der Waals surface area contributed by atoms with Gasteiger partial charge in [-0.15, -0.1) is 0 Å². The Balaban J connectivity index is 1.69. The second-order valence-electron chi connectivity index (χ2n) is 8.20. The lowest BCUT2D eigenvalue weighted by atomic mass is 9.73. The van der Waals surface area contributed by atoms with Crippen molar-refractivity contribution in [3.8, 4) is 11.1 Å². The van der Waals surface area contributed by atoms with Crippen LogP contribution in [0.25, 0.3) is 11.1 Å². The van der Waals surface area contributed by atoms with Crippen LogP contribution in [0.5, 0.6) is 0 Å². The highest BCUT2D eigenvalue weighted by molar-refractivity contribution is 9.10. The lowest BCUT2D eigenvalue weighted by Crippen LogP contribution is -2.30. The number of rotatable bonds is 2. The smallest absolute Gasteiger partial charge is 0.0503 e. The van der Waals surface area contributed by atoms with Crippen LogP contribution in [-0.4, -0.2) is 0 Å². The van der Waals surface area contributed by atoms with Crippen molar-refractivity contribution in [2.24, 2.45) is 0 Å². The van der Waals surface area contributed by atoms with Crippen molar-refractivity contribution >= 4 is 48.9 Å². The van der Waals surface area contributed by atoms with Crippen molar-refractivity contribution in [3.05, 3.63) is 111 Å². The highest BCUT2D eigenvalue weighted by atomic mass is 79.9. The second kappa shape index (κ2) is 7.40. The van der Waals surface area contributed by atoms with Gasteiger partial charge < -0.3 is 4.90 Å². The SMILES string of the molecule is CC1(C)c2cc(Br)ccc2N(c2ccc(-c3ccccc3)cc2)c2ccc(Br)cc21. The summed E-state index contributed by atoms with van der Waals surface area (Å²) < 4.78 is 2.21. The highest BCUT2D eigenvalue weighted by Gasteiger charge is 2.37. The highest BCUT2D eigenvalue weighted by Crippen LogP contribution is 2.52. The first-order chi connectivity index (χ1) is 14.4. The van der Waals surface area contributed by atoms with Gasteiger partial charge in [-0.25, -0.2) is 0 Å². The molecule has 4 aromatic carbocycles. The molecule has 1 aliphatic rings. The fraction of sp³-hybridized carbons (Fsp3) is 0.111. The van der Waals surface area contributed by atoms with Gasteiger partial charge >= 0.3 is 0 Å². The quantitative estimate of drug-likeness (QED) is 0.256. The van der Waals surface area contributed by atoms with Crippen molar-refractivity contribution in [3.63, 3.8) is 0 Å². The van der Waals surface area contributed by atoms with Crippen LogP contribution in [0.4, 0.5) is 17.1 Å². The largest absolute Gasteiger partial charge is 0.310 e. The van der Waals surface area contributed by atoms with E-state index in [0.29, 0.717) is 0 Å². The average molecular weight is 519 g/mol. The zero-order valence-corrected chi connectivity index (χ0v) is 20.0. The molecule has 148 valence electrons. The number of hydrogen-bond donors (Lipinski definition) is 0. The molecule has 3 heteroatoms. The van der Waals surface area contributed by atoms with Gasteiger partial charge in [-0.2, -0.15) is 0 Å². The molecular weight excluding hydrogens is 498 g/mol. The Kier molecular flexibility index (Phi) is 4.83. The molecule has 0 amide bonds. The van der Waals surface area contributed by atoms with Gasteiger partial charge in [0.2, 0.25) is 0 Å². The van der Waals surface area contributed by atoms with Gasteiger partial charge in [0.05, 0.1) is 11.4 Å². The summed E-state index contributed by atoms with van der Waals surface area (Å²) in [5.41, 5.74) is 8.61. The van der Waals surface area contributed by atoms with Crippen LogP contribution in [0.1, 0.15) is 25.0 Å². The summed E-state index contributed by atoms with van der Waals surface area (Å²) in [6, 6.07) is 32.6. The van der Waals surface area contributed by atoms with Crippen LogP contribution in [0, 0.1) is 0 Å². The normalized spacial score (nSPS) is 14.2. The standard InChI is InChI=1S/C27H21Br2N/c1-27(2)23-16-20(28)10-14-25(23)30(26-15-11-21(29)17-24(26)27)22-12-8-19(9-13-22)18-6-4-3-5-7-18/h3-17H,1-2H3. The Morgan fingerprint density at radius 3 is 1.63 bits per heavy atom. The predicted octanol–water partition coefficient (Wildman–Crippen LogP) is 8.99. The van der Waals surface area contributed by atoms with Gasteiger partial charge in [0.1, 0.15) is 0 Å². The van der Waals surface area contributed by atoms with Crippen LogP contribution in [0.15, 0.2) is 99.9 Å². The summed E-state index contributed by atoms with van der Waals surface area (Å²) in [5, 5.41) is 0. The topological polar surface area (TPSA) is 3.24 Å². The van der Waals surface area contributed by atoms with E-state index in [1.807, 2.05) is 0 Å². The lowest BCUT2D eigenvalue weighted by Gasteiger charge is -2.42. The van der Waals surface area contributed by atoms with Gasteiger partial charge in [0.25, 0.3) is 0 Å². The minimum Gasteiger partial charge on any atom is -0.310 e. The number of fused-ring (bicyclic) bond motifs is 2. The number of hydrogen-bond acceptors (Lipinski definition) is 1. The predicted molar refractivity (Wildman–Crippen MR) is 134 cm³/mol. The zero-order chi connectivity index (χ0) is 20.9. The molecule has 5 rings (SSSR count). The number of benzene rings is 4. The molecule has 0 aliphatic carbocycles. The van der Waals surface area contributed by atoms with E-state index in [-0.39, 0.29) is 5.41 Å². The van der Waals surface area contributed by atoms with Crippen LogP contribution in [-0.2, 0) is 5.41 Å². The maximum Gasteiger partial charge on any atom is 0.0503 e. The molecule has 0 aromatic heterocycles. The van der Waals surface area contributed by atoms with E-state index in [1.165, 1.54) is 33.6 Å². The van der Waals surface area contributed by atoms with E-state index in [4.69, 9.17) is 0 Å². The maximum absolute atomic E-state index is 3.68. The first kappa shape index (κ1) is 19.6. The number of halogens is 2. The van der Waals surface area contributed by atoms with Crippen LogP contribution in [0.2, 0.25) is 0 Å². The zero-order valence-electron chi connectivity index (χ0n) is 16.9. The molecule has 0 N–H and O–H groups in total. The van der Waals surface area contributed by atoms with Crippen molar-refractivity contribution in [2.45, 2.75) is 19.3 Å². The second-order valence-corrected chi connectivity index (χ2v) is 10.0. The fourth-order valence-electron chi connectivity index (χ4n) is 4.39. The summed E-state index contributed by atoms with van der Waals surface area (Å²) in [4.78, 5) is 2.38. The lowest BCUT2D eigenvalue weighted by molar-refractivity contribution is 0.631. The average Bonchev–Trinajstić information content (AvgIpc) is 2.76. The van der Waals surface area contributed by atoms with Crippen molar-refractivity contribution in [1.29, 1.82) is 0 Å². The molecule has 1 aliphatic heterocycles. The Bertz CT molecular complexity index is 1170. The maximum atomic E-state index is 3.68. The first-order valence-corrected chi connectivity index (χ1v) is 11.6. The van der Waals surface area contributed by atoms with Gasteiger partial charge in [-0.3, -0.25) is 0 Å². The number of nitrogens with zero attached hydrogens (tertiary/aromatic N) is 1. The van der Waals surface area contributed by atoms with Crippen molar-refractivity contribution in [1.82, 2.24) is 0 Å². The van der Waals surface area contributed by atoms with Gasteiger partial charge in [0.15, 0.2) is 0 Å². The van der Waals surface area contributed by atoms with E-state index in [1.54, 1.807) is 0 Å². The Morgan fingerprint density at radius 2 is 1.10 bits per heavy atom. The fourth-order valence-corrected chi connectivity index (χ4v) is 5.12. The summed E-state index contributed by atoms with van der Waals surface area (Å²) >= 11 is 7.36. The Morgan fingerprint density at radius 1 is 0.600 bits per heavy atom. The molecule has 1 heterocycles. The van der Waals surface area contributed by atoms with E-state index < -0.39 is 0 Å². The minimum atomic E-state index is -0.0985. The first-order valence-electron chi connectivity index (χ1n) is 10.0. The number of anilines is 3. The third-order valence-electron chi connectivity index (χ3n) is 5.98. The van der Waals surface area contributed by atoms with Crippen LogP contribution < -0.4 is 4.90 Å². The molecule has 0 unspecified atom stereocenters. The van der Waals surface area contributed by atoms with E-state index in [0.717, 1.165) is 14.6 Å². The van der Waals surface area contributed by atoms with Gasteiger partial charge in [-0.1, -0.05) is 88.2 Å². The Labute approximate surface area is 194 Å². The summed E-state index contributed by atoms with van der Waals surface area (Å²) in [6.45, 7) is 4.61. The minimum absolute atomic E-state index is 0.0985. The molecular formula is C27H21Br2N. The van der Waals surface area contributed by atoms with E-state index in [2.05, 4.69) is 142 Å². The van der Waals surface area contributed by atoms with Gasteiger partial charge in [-0.05, 0) is 70.8 Å². The third kappa shape index (κ3) is 3.21. The van der Waals surface area contributed by atoms with Crippen molar-refractivity contribution < 1.29 is 0 Å². The molecule has 0 atom stereocenters. The molecule has 0 saturated carbocycles. The summed E-state index contributed by atoms with van der Waals surface area (Å²) in [5.74, 6) is 0. The molecule has 0 radical (unpaired) electrons. The third-order valence-corrected chi connectivity index (χ3v) is 6.96. The molecule has 4 aromatic rings. The Hall–Kier alpha value is -2.36. The van der Waals surface area contributed by atoms with E-state index in [9.17, 15) is 0 Å². The molecule has 0 saturated heterocycles. The van der Waals surface area contributed by atoms with E-state index >= 15 is 0 Å². The molecule has 0 bridgehead atoms. The summed E-state index contributed by atoms with van der Waals surface area (Å²) in [7, 11) is 0. The molecule has 0 fully saturated rings.